The molecular weight excluding hydrogens is 356 g/mol. The second-order valence-corrected chi connectivity index (χ2v) is 8.34. The summed E-state index contributed by atoms with van der Waals surface area (Å²) in [5.74, 6) is 0.845. The van der Waals surface area contributed by atoms with Crippen LogP contribution in [0.1, 0.15) is 51.0 Å². The molecule has 0 bridgehead atoms. The molecular formula is C21H28N4OS. The number of rotatable bonds is 4. The number of carbonyl (C=O) groups is 1. The van der Waals surface area contributed by atoms with E-state index in [2.05, 4.69) is 11.0 Å². The van der Waals surface area contributed by atoms with E-state index in [1.165, 1.54) is 38.5 Å². The van der Waals surface area contributed by atoms with Crippen LogP contribution in [0.4, 0.5) is 5.69 Å². The molecule has 1 unspecified atom stereocenters. The number of nitrogens with zero attached hydrogens (tertiary/aromatic N) is 4. The largest absolute Gasteiger partial charge is 0.333 e. The van der Waals surface area contributed by atoms with Gasteiger partial charge in [0.15, 0.2) is 5.17 Å². The summed E-state index contributed by atoms with van der Waals surface area (Å²) in [6, 6.07) is 10.3. The Balaban J connectivity index is 1.76. The minimum Gasteiger partial charge on any atom is -0.333 e. The molecule has 1 atom stereocenters. The highest BCUT2D eigenvalue weighted by Gasteiger charge is 2.34. The molecule has 1 heterocycles. The lowest BCUT2D eigenvalue weighted by atomic mass is 10.1. The predicted octanol–water partition coefficient (Wildman–Crippen LogP) is 4.19. The highest BCUT2D eigenvalue weighted by molar-refractivity contribution is 8.14. The summed E-state index contributed by atoms with van der Waals surface area (Å²) in [6.07, 6.45) is 7.91. The molecule has 6 heteroatoms. The number of anilines is 1. The lowest BCUT2D eigenvalue weighted by Gasteiger charge is -2.33. The molecule has 2 aliphatic rings. The number of thioether (sulfide) groups is 1. The Morgan fingerprint density at radius 2 is 1.93 bits per heavy atom. The van der Waals surface area contributed by atoms with Gasteiger partial charge in [0.25, 0.3) is 0 Å². The van der Waals surface area contributed by atoms with Crippen LogP contribution in [0.5, 0.6) is 0 Å². The van der Waals surface area contributed by atoms with Gasteiger partial charge in [-0.2, -0.15) is 5.26 Å². The van der Waals surface area contributed by atoms with Gasteiger partial charge in [-0.05, 0) is 30.5 Å². The van der Waals surface area contributed by atoms with Crippen molar-refractivity contribution in [3.63, 3.8) is 0 Å². The van der Waals surface area contributed by atoms with E-state index in [9.17, 15) is 4.79 Å². The van der Waals surface area contributed by atoms with Crippen molar-refractivity contribution in [1.29, 1.82) is 5.26 Å². The molecule has 1 saturated carbocycles. The molecule has 5 nitrogen and oxygen atoms in total. The third-order valence-electron chi connectivity index (χ3n) is 5.36. The molecule has 1 saturated heterocycles. The lowest BCUT2D eigenvalue weighted by Crippen LogP contribution is -2.48. The van der Waals surface area contributed by atoms with Crippen LogP contribution in [0.25, 0.3) is 0 Å². The van der Waals surface area contributed by atoms with Crippen LogP contribution in [0.15, 0.2) is 29.3 Å². The van der Waals surface area contributed by atoms with Crippen LogP contribution >= 0.6 is 11.8 Å². The van der Waals surface area contributed by atoms with Gasteiger partial charge in [0.05, 0.1) is 18.5 Å². The number of amidine groups is 1. The van der Waals surface area contributed by atoms with Gasteiger partial charge in [-0.1, -0.05) is 49.6 Å². The predicted molar refractivity (Wildman–Crippen MR) is 112 cm³/mol. The summed E-state index contributed by atoms with van der Waals surface area (Å²) in [4.78, 5) is 21.5. The van der Waals surface area contributed by atoms with Crippen molar-refractivity contribution in [3.8, 4) is 6.07 Å². The van der Waals surface area contributed by atoms with Crippen LogP contribution in [0.2, 0.25) is 0 Å². The van der Waals surface area contributed by atoms with Gasteiger partial charge in [0.2, 0.25) is 5.91 Å². The Morgan fingerprint density at radius 3 is 2.52 bits per heavy atom. The maximum absolute atomic E-state index is 12.4. The zero-order chi connectivity index (χ0) is 19.2. The van der Waals surface area contributed by atoms with Crippen molar-refractivity contribution in [2.45, 2.75) is 64.1 Å². The van der Waals surface area contributed by atoms with Crippen molar-refractivity contribution in [3.05, 3.63) is 29.8 Å². The number of amides is 1. The molecule has 1 aromatic rings. The Hall–Kier alpha value is -2.00. The van der Waals surface area contributed by atoms with Gasteiger partial charge in [-0.3, -0.25) is 14.7 Å². The second-order valence-electron chi connectivity index (χ2n) is 7.35. The standard InChI is InChI=1S/C21H28N4OS/c1-16(26)25(19-11-9-17(10-12-19)13-14-22)20-15-27-21(24(20)2)23-18-7-5-3-4-6-8-18/h9-12,18,20H,3-8,13,15H2,1-2H3. The second kappa shape index (κ2) is 9.27. The van der Waals surface area contributed by atoms with Gasteiger partial charge in [0, 0.05) is 25.4 Å². The first-order valence-corrected chi connectivity index (χ1v) is 10.8. The third kappa shape index (κ3) is 4.84. The van der Waals surface area contributed by atoms with Crippen molar-refractivity contribution in [2.75, 3.05) is 17.7 Å². The number of nitriles is 1. The van der Waals surface area contributed by atoms with Crippen LogP contribution in [-0.4, -0.2) is 41.0 Å². The Kier molecular flexibility index (Phi) is 6.78. The van der Waals surface area contributed by atoms with Crippen molar-refractivity contribution in [1.82, 2.24) is 4.90 Å². The van der Waals surface area contributed by atoms with E-state index in [-0.39, 0.29) is 12.1 Å². The van der Waals surface area contributed by atoms with E-state index < -0.39 is 0 Å². The molecule has 27 heavy (non-hydrogen) atoms. The van der Waals surface area contributed by atoms with E-state index >= 15 is 0 Å². The Bertz CT molecular complexity index is 717. The number of benzene rings is 1. The first-order chi connectivity index (χ1) is 13.1. The minimum absolute atomic E-state index is 0.0243. The normalized spacial score (nSPS) is 22.5. The number of aliphatic imine (C=N–C) groups is 1. The summed E-state index contributed by atoms with van der Waals surface area (Å²) in [6.45, 7) is 1.61. The summed E-state index contributed by atoms with van der Waals surface area (Å²) < 4.78 is 0. The molecule has 144 valence electrons. The fourth-order valence-corrected chi connectivity index (χ4v) is 5.06. The number of hydrogen-bond acceptors (Lipinski definition) is 4. The molecule has 0 N–H and O–H groups in total. The number of carbonyl (C=O) groups excluding carboxylic acids is 1. The van der Waals surface area contributed by atoms with Crippen molar-refractivity contribution in [2.24, 2.45) is 4.99 Å². The molecule has 2 fully saturated rings. The molecule has 0 radical (unpaired) electrons. The smallest absolute Gasteiger partial charge is 0.225 e. The van der Waals surface area contributed by atoms with Gasteiger partial charge < -0.3 is 4.90 Å². The highest BCUT2D eigenvalue weighted by Crippen LogP contribution is 2.31. The Labute approximate surface area is 166 Å². The van der Waals surface area contributed by atoms with E-state index in [0.717, 1.165) is 22.2 Å². The maximum atomic E-state index is 12.4. The topological polar surface area (TPSA) is 59.7 Å². The minimum atomic E-state index is -0.0288. The van der Waals surface area contributed by atoms with Crippen LogP contribution in [0.3, 0.4) is 0 Å². The Morgan fingerprint density at radius 1 is 1.26 bits per heavy atom. The van der Waals surface area contributed by atoms with Gasteiger partial charge in [-0.15, -0.1) is 0 Å². The van der Waals surface area contributed by atoms with Gasteiger partial charge in [0.1, 0.15) is 6.17 Å². The lowest BCUT2D eigenvalue weighted by molar-refractivity contribution is -0.117. The molecule has 1 amide bonds. The molecule has 0 aromatic heterocycles. The molecule has 1 aliphatic heterocycles. The van der Waals surface area contributed by atoms with Gasteiger partial charge >= 0.3 is 0 Å². The molecule has 1 aliphatic carbocycles. The molecule has 0 spiro atoms. The van der Waals surface area contributed by atoms with E-state index in [1.807, 2.05) is 36.2 Å². The third-order valence-corrected chi connectivity index (χ3v) is 6.48. The van der Waals surface area contributed by atoms with E-state index in [4.69, 9.17) is 10.3 Å². The van der Waals surface area contributed by atoms with E-state index in [1.54, 1.807) is 18.7 Å². The average Bonchev–Trinajstić information content (AvgIpc) is 2.85. The SMILES string of the molecule is CC(=O)N(c1ccc(CC#N)cc1)C1CSC(=NC2CCCCCC2)N1C. The first-order valence-electron chi connectivity index (χ1n) is 9.79. The summed E-state index contributed by atoms with van der Waals surface area (Å²) in [5.41, 5.74) is 1.84. The first kappa shape index (κ1) is 19.8. The number of hydrogen-bond donors (Lipinski definition) is 0. The fourth-order valence-electron chi connectivity index (χ4n) is 3.84. The average molecular weight is 385 g/mol. The highest BCUT2D eigenvalue weighted by atomic mass is 32.2. The summed E-state index contributed by atoms with van der Waals surface area (Å²) in [7, 11) is 2.04. The maximum Gasteiger partial charge on any atom is 0.225 e. The molecule has 3 rings (SSSR count). The van der Waals surface area contributed by atoms with E-state index in [0.29, 0.717) is 12.5 Å². The van der Waals surface area contributed by atoms with Crippen LogP contribution in [0, 0.1) is 11.3 Å². The van der Waals surface area contributed by atoms with Gasteiger partial charge in [-0.25, -0.2) is 0 Å². The van der Waals surface area contributed by atoms with Crippen LogP contribution in [-0.2, 0) is 11.2 Å². The quantitative estimate of drug-likeness (QED) is 0.731. The molecule has 1 aromatic carbocycles. The fraction of sp³-hybridized carbons (Fsp3) is 0.571. The zero-order valence-corrected chi connectivity index (χ0v) is 17.0. The zero-order valence-electron chi connectivity index (χ0n) is 16.2. The summed E-state index contributed by atoms with van der Waals surface area (Å²) >= 11 is 1.75. The van der Waals surface area contributed by atoms with Crippen molar-refractivity contribution >= 4 is 28.5 Å². The van der Waals surface area contributed by atoms with Crippen molar-refractivity contribution < 1.29 is 4.79 Å². The summed E-state index contributed by atoms with van der Waals surface area (Å²) in [5, 5.41) is 9.89. The van der Waals surface area contributed by atoms with Crippen LogP contribution < -0.4 is 4.90 Å². The monoisotopic (exact) mass is 384 g/mol.